The van der Waals surface area contributed by atoms with Crippen LogP contribution in [0.15, 0.2) is 218 Å². The molecule has 8 aromatic carbocycles. The maximum Gasteiger partial charge on any atom is 0.0541 e. The summed E-state index contributed by atoms with van der Waals surface area (Å²) in [6.45, 7) is 2.19. The Morgan fingerprint density at radius 2 is 1.00 bits per heavy atom. The second kappa shape index (κ2) is 13.3. The van der Waals surface area contributed by atoms with E-state index in [4.69, 9.17) is 0 Å². The fraction of sp³-hybridized carbons (Fsp3) is 0.0526. The number of fused-ring (bicyclic) bond motifs is 8. The Morgan fingerprint density at radius 3 is 1.75 bits per heavy atom. The van der Waals surface area contributed by atoms with Gasteiger partial charge in [-0.1, -0.05) is 151 Å². The number of allylic oxidation sites excluding steroid dienone is 5. The monoisotopic (exact) mass is 752 g/mol. The summed E-state index contributed by atoms with van der Waals surface area (Å²) in [5.74, 6) is 0.464. The molecule has 2 aromatic heterocycles. The van der Waals surface area contributed by atoms with Gasteiger partial charge in [-0.2, -0.15) is 0 Å². The Hall–Kier alpha value is -7.42. The van der Waals surface area contributed by atoms with Gasteiger partial charge in [0.25, 0.3) is 0 Å². The van der Waals surface area contributed by atoms with E-state index in [1.54, 1.807) is 0 Å². The third-order valence-electron chi connectivity index (χ3n) is 12.8. The first kappa shape index (κ1) is 33.7. The summed E-state index contributed by atoms with van der Waals surface area (Å²) >= 11 is 0. The zero-order valence-corrected chi connectivity index (χ0v) is 32.8. The third kappa shape index (κ3) is 5.26. The Bertz CT molecular complexity index is 3370. The van der Waals surface area contributed by atoms with Crippen LogP contribution in [0, 0.1) is 12.8 Å². The summed E-state index contributed by atoms with van der Waals surface area (Å²) in [5.41, 5.74) is 19.0. The highest BCUT2D eigenvalue weighted by atomic mass is 15.0. The predicted octanol–water partition coefficient (Wildman–Crippen LogP) is 14.5. The number of rotatable bonds is 5. The third-order valence-corrected chi connectivity index (χ3v) is 12.8. The lowest BCUT2D eigenvalue weighted by atomic mass is 9.66. The molecule has 2 atom stereocenters. The van der Waals surface area contributed by atoms with Crippen LogP contribution in [0.5, 0.6) is 0 Å². The molecule has 0 radical (unpaired) electrons. The molecule has 278 valence electrons. The lowest BCUT2D eigenvalue weighted by molar-refractivity contribution is 0.649. The van der Waals surface area contributed by atoms with Gasteiger partial charge in [0.15, 0.2) is 0 Å². The normalized spacial score (nSPS) is 16.0. The lowest BCUT2D eigenvalue weighted by Crippen LogP contribution is -2.22. The topological polar surface area (TPSA) is 9.86 Å². The molecule has 2 nitrogen and oxygen atoms in total. The van der Waals surface area contributed by atoms with Crippen LogP contribution >= 0.6 is 0 Å². The molecule has 0 saturated carbocycles. The van der Waals surface area contributed by atoms with Crippen LogP contribution in [0.1, 0.15) is 33.7 Å². The number of aryl methyl sites for hydroxylation is 1. The van der Waals surface area contributed by atoms with Gasteiger partial charge in [0.05, 0.1) is 22.1 Å². The Balaban J connectivity index is 0.968. The van der Waals surface area contributed by atoms with E-state index < -0.39 is 0 Å². The summed E-state index contributed by atoms with van der Waals surface area (Å²) in [6, 6.07) is 69.7. The highest BCUT2D eigenvalue weighted by molar-refractivity contribution is 6.13. The first-order valence-corrected chi connectivity index (χ1v) is 20.7. The molecule has 2 heteroatoms. The van der Waals surface area contributed by atoms with E-state index in [-0.39, 0.29) is 11.8 Å². The van der Waals surface area contributed by atoms with Crippen LogP contribution in [0.25, 0.3) is 71.7 Å². The fourth-order valence-electron chi connectivity index (χ4n) is 10.2. The number of para-hydroxylation sites is 2. The van der Waals surface area contributed by atoms with Crippen molar-refractivity contribution < 1.29 is 0 Å². The van der Waals surface area contributed by atoms with E-state index in [9.17, 15) is 0 Å². The molecule has 2 unspecified atom stereocenters. The molecule has 0 N–H and O–H groups in total. The maximum atomic E-state index is 2.45. The highest BCUT2D eigenvalue weighted by Crippen LogP contribution is 2.50. The molecule has 12 rings (SSSR count). The van der Waals surface area contributed by atoms with Crippen molar-refractivity contribution in [1.29, 1.82) is 0 Å². The second-order valence-corrected chi connectivity index (χ2v) is 16.1. The van der Waals surface area contributed by atoms with Crippen molar-refractivity contribution in [2.75, 3.05) is 0 Å². The molecule has 0 aliphatic heterocycles. The van der Waals surface area contributed by atoms with Crippen molar-refractivity contribution in [3.63, 3.8) is 0 Å². The van der Waals surface area contributed by atoms with E-state index in [0.717, 1.165) is 0 Å². The fourth-order valence-corrected chi connectivity index (χ4v) is 10.2. The van der Waals surface area contributed by atoms with Crippen molar-refractivity contribution in [1.82, 2.24) is 9.13 Å². The van der Waals surface area contributed by atoms with Gasteiger partial charge in [-0.3, -0.25) is 0 Å². The molecule has 2 aliphatic rings. The number of hydrogen-bond acceptors (Lipinski definition) is 0. The van der Waals surface area contributed by atoms with Crippen molar-refractivity contribution in [3.8, 4) is 22.5 Å². The summed E-state index contributed by atoms with van der Waals surface area (Å²) in [7, 11) is 0. The van der Waals surface area contributed by atoms with E-state index in [1.807, 2.05) is 0 Å². The average Bonchev–Trinajstić information content (AvgIpc) is 3.80. The number of nitrogens with zero attached hydrogens (tertiary/aromatic N) is 2. The van der Waals surface area contributed by atoms with Crippen LogP contribution < -0.4 is 0 Å². The Morgan fingerprint density at radius 1 is 0.424 bits per heavy atom. The molecular weight excluding hydrogens is 713 g/mol. The zero-order chi connectivity index (χ0) is 39.0. The summed E-state index contributed by atoms with van der Waals surface area (Å²) in [4.78, 5) is 0. The molecule has 0 bridgehead atoms. The molecule has 0 amide bonds. The standard InChI is InChI=1S/C57H40N2/c1-37-24-31-53-49(34-37)51-36-41(40-27-32-54-50(35-40)44-18-12-13-23-52(44)58(54)42-16-6-3-7-17-42)28-33-55(51)59(53)43-29-25-39(26-30-43)57-47-21-10-8-19-45(47)56(38-14-4-2-5-15-38)46-20-9-11-22-48(46)57/h2-36,47,57H,1H3. The van der Waals surface area contributed by atoms with Gasteiger partial charge in [0.1, 0.15) is 0 Å². The van der Waals surface area contributed by atoms with Crippen LogP contribution in [0.4, 0.5) is 0 Å². The Labute approximate surface area is 343 Å². The minimum atomic E-state index is 0.214. The van der Waals surface area contributed by atoms with Crippen molar-refractivity contribution in [2.45, 2.75) is 12.8 Å². The maximum absolute atomic E-state index is 2.45. The lowest BCUT2D eigenvalue weighted by Gasteiger charge is -2.37. The smallest absolute Gasteiger partial charge is 0.0541 e. The molecule has 59 heavy (non-hydrogen) atoms. The SMILES string of the molecule is Cc1ccc2c(c1)c1cc(-c3ccc4c(c3)c3ccccc3n4-c3ccccc3)ccc1n2-c1ccc(C2c3ccccc3C(c3ccccc3)=C3C=CC=CC32)cc1. The molecule has 2 heterocycles. The molecule has 0 fully saturated rings. The summed E-state index contributed by atoms with van der Waals surface area (Å²) in [6.07, 6.45) is 9.15. The van der Waals surface area contributed by atoms with Crippen LogP contribution in [-0.4, -0.2) is 9.13 Å². The van der Waals surface area contributed by atoms with E-state index in [0.29, 0.717) is 0 Å². The van der Waals surface area contributed by atoms with E-state index in [1.165, 1.54) is 105 Å². The van der Waals surface area contributed by atoms with E-state index in [2.05, 4.69) is 228 Å². The van der Waals surface area contributed by atoms with Crippen molar-refractivity contribution >= 4 is 49.2 Å². The zero-order valence-electron chi connectivity index (χ0n) is 32.8. The van der Waals surface area contributed by atoms with Gasteiger partial charge in [0.2, 0.25) is 0 Å². The van der Waals surface area contributed by atoms with Gasteiger partial charge in [-0.25, -0.2) is 0 Å². The number of benzene rings is 8. The minimum absolute atomic E-state index is 0.214. The predicted molar refractivity (Wildman–Crippen MR) is 248 cm³/mol. The average molecular weight is 753 g/mol. The first-order valence-electron chi connectivity index (χ1n) is 20.7. The van der Waals surface area contributed by atoms with Gasteiger partial charge in [0, 0.05) is 44.8 Å². The largest absolute Gasteiger partial charge is 0.309 e. The molecule has 0 spiro atoms. The number of aromatic nitrogens is 2. The summed E-state index contributed by atoms with van der Waals surface area (Å²) in [5, 5.41) is 5.07. The molecule has 2 aliphatic carbocycles. The van der Waals surface area contributed by atoms with Gasteiger partial charge in [-0.05, 0) is 118 Å². The van der Waals surface area contributed by atoms with Gasteiger partial charge >= 0.3 is 0 Å². The van der Waals surface area contributed by atoms with Crippen LogP contribution in [0.2, 0.25) is 0 Å². The number of hydrogen-bond donors (Lipinski definition) is 0. The minimum Gasteiger partial charge on any atom is -0.309 e. The highest BCUT2D eigenvalue weighted by Gasteiger charge is 2.35. The molecule has 10 aromatic rings. The van der Waals surface area contributed by atoms with E-state index >= 15 is 0 Å². The van der Waals surface area contributed by atoms with Gasteiger partial charge in [-0.15, -0.1) is 0 Å². The quantitative estimate of drug-likeness (QED) is 0.166. The second-order valence-electron chi connectivity index (χ2n) is 16.1. The summed E-state index contributed by atoms with van der Waals surface area (Å²) < 4.78 is 4.83. The van der Waals surface area contributed by atoms with Crippen LogP contribution in [0.3, 0.4) is 0 Å². The Kier molecular flexibility index (Phi) is 7.61. The van der Waals surface area contributed by atoms with Crippen molar-refractivity contribution in [3.05, 3.63) is 246 Å². The van der Waals surface area contributed by atoms with Crippen LogP contribution in [-0.2, 0) is 0 Å². The molecular formula is C57H40N2. The molecule has 0 saturated heterocycles. The first-order chi connectivity index (χ1) is 29.2. The van der Waals surface area contributed by atoms with Crippen molar-refractivity contribution in [2.24, 2.45) is 5.92 Å². The van der Waals surface area contributed by atoms with Gasteiger partial charge < -0.3 is 9.13 Å².